The molecule has 0 unspecified atom stereocenters. The number of hydrogen-bond acceptors (Lipinski definition) is 2. The predicted octanol–water partition coefficient (Wildman–Crippen LogP) is 4.13. The molecule has 19 heavy (non-hydrogen) atoms. The molecule has 94 valence electrons. The third-order valence-corrected chi connectivity index (χ3v) is 5.04. The minimum absolute atomic E-state index is 0.621. The molecule has 0 saturated carbocycles. The van der Waals surface area contributed by atoms with Crippen molar-refractivity contribution < 1.29 is 0 Å². The van der Waals surface area contributed by atoms with Crippen molar-refractivity contribution in [1.82, 2.24) is 0 Å². The Bertz CT molecular complexity index is 760. The highest BCUT2D eigenvalue weighted by molar-refractivity contribution is 7.10. The quantitative estimate of drug-likeness (QED) is 0.741. The summed E-state index contributed by atoms with van der Waals surface area (Å²) in [5.41, 5.74) is 11.5. The van der Waals surface area contributed by atoms with Gasteiger partial charge < -0.3 is 5.73 Å². The Morgan fingerprint density at radius 3 is 2.63 bits per heavy atom. The van der Waals surface area contributed by atoms with Crippen LogP contribution in [0, 0.1) is 0 Å². The minimum atomic E-state index is 0.621. The van der Waals surface area contributed by atoms with Crippen molar-refractivity contribution in [3.63, 3.8) is 0 Å². The van der Waals surface area contributed by atoms with Crippen LogP contribution in [0.25, 0.3) is 21.9 Å². The summed E-state index contributed by atoms with van der Waals surface area (Å²) < 4.78 is 0. The van der Waals surface area contributed by atoms with Crippen LogP contribution < -0.4 is 5.73 Å². The van der Waals surface area contributed by atoms with E-state index < -0.39 is 0 Å². The van der Waals surface area contributed by atoms with E-state index in [4.69, 9.17) is 5.73 Å². The van der Waals surface area contributed by atoms with E-state index in [0.29, 0.717) is 6.54 Å². The van der Waals surface area contributed by atoms with Crippen molar-refractivity contribution in [2.24, 2.45) is 5.73 Å². The first-order chi connectivity index (χ1) is 9.38. The first-order valence-corrected chi connectivity index (χ1v) is 7.57. The Labute approximate surface area is 116 Å². The van der Waals surface area contributed by atoms with Gasteiger partial charge in [0.25, 0.3) is 0 Å². The van der Waals surface area contributed by atoms with Crippen molar-refractivity contribution >= 4 is 22.1 Å². The van der Waals surface area contributed by atoms with E-state index in [2.05, 4.69) is 41.8 Å². The molecule has 0 amide bonds. The molecule has 0 saturated heterocycles. The lowest BCUT2D eigenvalue weighted by molar-refractivity contribution is 1.02. The van der Waals surface area contributed by atoms with E-state index in [1.54, 1.807) is 11.3 Å². The summed E-state index contributed by atoms with van der Waals surface area (Å²) in [5.74, 6) is 0. The zero-order valence-electron chi connectivity index (χ0n) is 10.6. The molecule has 1 aliphatic carbocycles. The molecule has 4 rings (SSSR count). The fourth-order valence-electron chi connectivity index (χ4n) is 3.22. The molecular weight excluding hydrogens is 250 g/mol. The lowest BCUT2D eigenvalue weighted by Crippen LogP contribution is -1.95. The number of thiophene rings is 1. The van der Waals surface area contributed by atoms with Crippen LogP contribution in [0.2, 0.25) is 0 Å². The number of rotatable bonds is 2. The van der Waals surface area contributed by atoms with Crippen LogP contribution in [-0.4, -0.2) is 0 Å². The van der Waals surface area contributed by atoms with Crippen molar-refractivity contribution in [3.8, 4) is 11.1 Å². The Morgan fingerprint density at radius 1 is 0.947 bits per heavy atom. The third-order valence-electron chi connectivity index (χ3n) is 4.10. The van der Waals surface area contributed by atoms with Gasteiger partial charge in [-0.25, -0.2) is 0 Å². The molecule has 1 aliphatic rings. The van der Waals surface area contributed by atoms with E-state index >= 15 is 0 Å². The zero-order valence-corrected chi connectivity index (χ0v) is 11.5. The summed E-state index contributed by atoms with van der Waals surface area (Å²) in [6, 6.07) is 13.5. The van der Waals surface area contributed by atoms with Crippen LogP contribution in [0.5, 0.6) is 0 Å². The maximum atomic E-state index is 5.86. The highest BCUT2D eigenvalue weighted by atomic mass is 32.1. The van der Waals surface area contributed by atoms with Gasteiger partial charge in [-0.15, -0.1) is 11.3 Å². The van der Waals surface area contributed by atoms with Gasteiger partial charge in [0.1, 0.15) is 0 Å². The summed E-state index contributed by atoms with van der Waals surface area (Å²) in [6.07, 6.45) is 2.37. The second-order valence-electron chi connectivity index (χ2n) is 5.07. The average Bonchev–Trinajstić information content (AvgIpc) is 3.07. The molecule has 1 heterocycles. The highest BCUT2D eigenvalue weighted by Crippen LogP contribution is 2.39. The average molecular weight is 265 g/mol. The van der Waals surface area contributed by atoms with Gasteiger partial charge in [0.05, 0.1) is 0 Å². The van der Waals surface area contributed by atoms with Crippen molar-refractivity contribution in [3.05, 3.63) is 57.8 Å². The maximum absolute atomic E-state index is 5.86. The maximum Gasteiger partial charge on any atom is 0.0280 e. The zero-order chi connectivity index (χ0) is 12.8. The van der Waals surface area contributed by atoms with Gasteiger partial charge in [-0.05, 0) is 57.3 Å². The molecule has 0 atom stereocenters. The highest BCUT2D eigenvalue weighted by Gasteiger charge is 2.17. The van der Waals surface area contributed by atoms with Gasteiger partial charge in [0.15, 0.2) is 0 Å². The van der Waals surface area contributed by atoms with Gasteiger partial charge in [-0.3, -0.25) is 0 Å². The molecule has 0 bridgehead atoms. The summed E-state index contributed by atoms with van der Waals surface area (Å²) in [6.45, 7) is 0.621. The Balaban J connectivity index is 2.07. The van der Waals surface area contributed by atoms with Crippen molar-refractivity contribution in [2.45, 2.75) is 19.4 Å². The molecule has 2 N–H and O–H groups in total. The second-order valence-corrected chi connectivity index (χ2v) is 6.07. The van der Waals surface area contributed by atoms with Gasteiger partial charge in [-0.1, -0.05) is 30.3 Å². The lowest BCUT2D eigenvalue weighted by Gasteiger charge is -2.09. The molecule has 0 radical (unpaired) electrons. The van der Waals surface area contributed by atoms with Crippen LogP contribution in [0.4, 0.5) is 0 Å². The van der Waals surface area contributed by atoms with Crippen LogP contribution in [-0.2, 0) is 19.4 Å². The molecule has 1 aromatic heterocycles. The van der Waals surface area contributed by atoms with Gasteiger partial charge in [-0.2, -0.15) is 0 Å². The SMILES string of the molecule is NCc1sccc1-c1ccc2c3c(cccc13)CC2. The molecule has 2 heteroatoms. The standard InChI is InChI=1S/C17H15NS/c18-10-16-14(8-9-19-16)13-7-6-12-5-4-11-2-1-3-15(13)17(11)12/h1-3,6-9H,4-5,10,18H2. The first kappa shape index (κ1) is 11.2. The Hall–Kier alpha value is -1.64. The van der Waals surface area contributed by atoms with E-state index in [9.17, 15) is 0 Å². The lowest BCUT2D eigenvalue weighted by atomic mass is 9.95. The topological polar surface area (TPSA) is 26.0 Å². The predicted molar refractivity (Wildman–Crippen MR) is 82.6 cm³/mol. The summed E-state index contributed by atoms with van der Waals surface area (Å²) in [5, 5.41) is 5.01. The smallest absolute Gasteiger partial charge is 0.0280 e. The van der Waals surface area contributed by atoms with Gasteiger partial charge in [0, 0.05) is 11.4 Å². The fourth-order valence-corrected chi connectivity index (χ4v) is 3.99. The monoisotopic (exact) mass is 265 g/mol. The fraction of sp³-hybridized carbons (Fsp3) is 0.176. The Morgan fingerprint density at radius 2 is 1.79 bits per heavy atom. The summed E-state index contributed by atoms with van der Waals surface area (Å²) in [7, 11) is 0. The van der Waals surface area contributed by atoms with Crippen LogP contribution >= 0.6 is 11.3 Å². The molecule has 0 spiro atoms. The second kappa shape index (κ2) is 4.19. The van der Waals surface area contributed by atoms with Crippen LogP contribution in [0.1, 0.15) is 16.0 Å². The molecular formula is C17H15NS. The molecule has 1 nitrogen and oxygen atoms in total. The summed E-state index contributed by atoms with van der Waals surface area (Å²) in [4.78, 5) is 1.28. The first-order valence-electron chi connectivity index (χ1n) is 6.69. The number of nitrogens with two attached hydrogens (primary N) is 1. The molecule has 2 aromatic carbocycles. The van der Waals surface area contributed by atoms with E-state index in [1.165, 1.54) is 50.7 Å². The molecule has 0 aliphatic heterocycles. The normalized spacial score (nSPS) is 13.3. The van der Waals surface area contributed by atoms with E-state index in [1.807, 2.05) is 0 Å². The van der Waals surface area contributed by atoms with Crippen LogP contribution in [0.15, 0.2) is 41.8 Å². The molecule has 3 aromatic rings. The number of aryl methyl sites for hydroxylation is 2. The number of benzene rings is 2. The van der Waals surface area contributed by atoms with E-state index in [0.717, 1.165) is 0 Å². The van der Waals surface area contributed by atoms with Crippen molar-refractivity contribution in [1.29, 1.82) is 0 Å². The van der Waals surface area contributed by atoms with Crippen molar-refractivity contribution in [2.75, 3.05) is 0 Å². The van der Waals surface area contributed by atoms with E-state index in [-0.39, 0.29) is 0 Å². The van der Waals surface area contributed by atoms with Gasteiger partial charge >= 0.3 is 0 Å². The van der Waals surface area contributed by atoms with Gasteiger partial charge in [0.2, 0.25) is 0 Å². The minimum Gasteiger partial charge on any atom is -0.326 e. The van der Waals surface area contributed by atoms with Crippen LogP contribution in [0.3, 0.4) is 0 Å². The largest absolute Gasteiger partial charge is 0.326 e. The number of hydrogen-bond donors (Lipinski definition) is 1. The molecule has 0 fully saturated rings. The third kappa shape index (κ3) is 1.57. The Kier molecular flexibility index (Phi) is 2.47. The summed E-state index contributed by atoms with van der Waals surface area (Å²) >= 11 is 1.75.